The van der Waals surface area contributed by atoms with Crippen molar-refractivity contribution in [2.24, 2.45) is 0 Å². The van der Waals surface area contributed by atoms with Crippen LogP contribution in [0.15, 0.2) is 59.0 Å². The lowest BCUT2D eigenvalue weighted by molar-refractivity contribution is 0.0706. The molecule has 1 aliphatic heterocycles. The molecule has 0 unspecified atom stereocenters. The van der Waals surface area contributed by atoms with Crippen molar-refractivity contribution in [2.75, 3.05) is 26.2 Å². The number of hydrogen-bond donors (Lipinski definition) is 1. The molecule has 0 spiro atoms. The monoisotopic (exact) mass is 306 g/mol. The molecule has 23 heavy (non-hydrogen) atoms. The van der Waals surface area contributed by atoms with Crippen LogP contribution < -0.4 is 5.32 Å². The molecule has 1 fully saturated rings. The Morgan fingerprint density at radius 3 is 2.57 bits per heavy atom. The van der Waals surface area contributed by atoms with Crippen LogP contribution in [0.25, 0.3) is 22.1 Å². The van der Waals surface area contributed by atoms with Gasteiger partial charge in [-0.3, -0.25) is 4.79 Å². The summed E-state index contributed by atoms with van der Waals surface area (Å²) in [6.07, 6.45) is 0. The van der Waals surface area contributed by atoms with E-state index in [0.29, 0.717) is 5.76 Å². The zero-order valence-electron chi connectivity index (χ0n) is 12.8. The van der Waals surface area contributed by atoms with E-state index < -0.39 is 0 Å². The lowest BCUT2D eigenvalue weighted by Gasteiger charge is -2.26. The second-order valence-electron chi connectivity index (χ2n) is 5.74. The summed E-state index contributed by atoms with van der Waals surface area (Å²) in [5, 5.41) is 4.24. The zero-order chi connectivity index (χ0) is 15.6. The molecule has 0 aliphatic carbocycles. The van der Waals surface area contributed by atoms with Gasteiger partial charge in [0.1, 0.15) is 5.58 Å². The first kappa shape index (κ1) is 14.0. The molecule has 0 bridgehead atoms. The molecule has 4 nitrogen and oxygen atoms in total. The van der Waals surface area contributed by atoms with E-state index in [1.165, 1.54) is 0 Å². The highest BCUT2D eigenvalue weighted by Gasteiger charge is 2.22. The highest BCUT2D eigenvalue weighted by molar-refractivity contribution is 6.01. The highest BCUT2D eigenvalue weighted by Crippen LogP contribution is 2.31. The Morgan fingerprint density at radius 1 is 1.00 bits per heavy atom. The van der Waals surface area contributed by atoms with E-state index in [-0.39, 0.29) is 5.91 Å². The van der Waals surface area contributed by atoms with Crippen LogP contribution in [0.5, 0.6) is 0 Å². The number of fused-ring (bicyclic) bond motifs is 1. The van der Waals surface area contributed by atoms with E-state index in [9.17, 15) is 4.79 Å². The second kappa shape index (κ2) is 5.89. The largest absolute Gasteiger partial charge is 0.451 e. The molecule has 2 heterocycles. The quantitative estimate of drug-likeness (QED) is 0.791. The van der Waals surface area contributed by atoms with Gasteiger partial charge in [-0.05, 0) is 23.3 Å². The van der Waals surface area contributed by atoms with Gasteiger partial charge in [-0.25, -0.2) is 0 Å². The van der Waals surface area contributed by atoms with E-state index in [1.807, 2.05) is 41.3 Å². The van der Waals surface area contributed by atoms with E-state index in [2.05, 4.69) is 23.5 Å². The fourth-order valence-electron chi connectivity index (χ4n) is 3.06. The predicted octanol–water partition coefficient (Wildman–Crippen LogP) is 3.15. The van der Waals surface area contributed by atoms with Gasteiger partial charge in [0.2, 0.25) is 0 Å². The summed E-state index contributed by atoms with van der Waals surface area (Å²) in [7, 11) is 0. The maximum absolute atomic E-state index is 12.6. The van der Waals surface area contributed by atoms with Gasteiger partial charge in [0.25, 0.3) is 5.91 Å². The number of benzene rings is 2. The van der Waals surface area contributed by atoms with Crippen molar-refractivity contribution >= 4 is 16.9 Å². The Balaban J connectivity index is 1.75. The number of amides is 1. The van der Waals surface area contributed by atoms with E-state index >= 15 is 0 Å². The first-order valence-corrected chi connectivity index (χ1v) is 7.91. The number of carbonyl (C=O) groups is 1. The van der Waals surface area contributed by atoms with Crippen LogP contribution in [-0.4, -0.2) is 37.0 Å². The van der Waals surface area contributed by atoms with Crippen LogP contribution in [0.3, 0.4) is 0 Å². The molecule has 1 amide bonds. The lowest BCUT2D eigenvalue weighted by Crippen LogP contribution is -2.46. The third-order valence-electron chi connectivity index (χ3n) is 4.26. The molecule has 4 heteroatoms. The standard InChI is InChI=1S/C19H18N2O2/c22-19(21-11-9-20-10-12-21)18-13-16-15(7-4-8-17(16)23-18)14-5-2-1-3-6-14/h1-8,13,20H,9-12H2. The number of rotatable bonds is 2. The predicted molar refractivity (Wildman–Crippen MR) is 90.4 cm³/mol. The summed E-state index contributed by atoms with van der Waals surface area (Å²) in [4.78, 5) is 14.5. The Bertz CT molecular complexity index is 833. The van der Waals surface area contributed by atoms with Gasteiger partial charge in [0.15, 0.2) is 5.76 Å². The number of hydrogen-bond acceptors (Lipinski definition) is 3. The molecule has 0 atom stereocenters. The molecule has 1 saturated heterocycles. The van der Waals surface area contributed by atoms with Gasteiger partial charge in [-0.1, -0.05) is 42.5 Å². The van der Waals surface area contributed by atoms with Gasteiger partial charge in [-0.2, -0.15) is 0 Å². The Morgan fingerprint density at radius 2 is 1.78 bits per heavy atom. The smallest absolute Gasteiger partial charge is 0.289 e. The molecule has 1 aliphatic rings. The maximum Gasteiger partial charge on any atom is 0.289 e. The topological polar surface area (TPSA) is 45.5 Å². The number of nitrogens with zero attached hydrogens (tertiary/aromatic N) is 1. The van der Waals surface area contributed by atoms with Crippen LogP contribution in [0.1, 0.15) is 10.6 Å². The highest BCUT2D eigenvalue weighted by atomic mass is 16.3. The van der Waals surface area contributed by atoms with Gasteiger partial charge in [0, 0.05) is 31.6 Å². The molecule has 0 radical (unpaired) electrons. The minimum Gasteiger partial charge on any atom is -0.451 e. The molecular formula is C19H18N2O2. The van der Waals surface area contributed by atoms with Gasteiger partial charge < -0.3 is 14.6 Å². The van der Waals surface area contributed by atoms with Crippen molar-refractivity contribution in [3.05, 3.63) is 60.4 Å². The van der Waals surface area contributed by atoms with Crippen LogP contribution in [-0.2, 0) is 0 Å². The summed E-state index contributed by atoms with van der Waals surface area (Å²) < 4.78 is 5.83. The third-order valence-corrected chi connectivity index (χ3v) is 4.26. The van der Waals surface area contributed by atoms with Crippen molar-refractivity contribution in [1.29, 1.82) is 0 Å². The molecule has 116 valence electrons. The summed E-state index contributed by atoms with van der Waals surface area (Å²) >= 11 is 0. The first-order valence-electron chi connectivity index (χ1n) is 7.91. The van der Waals surface area contributed by atoms with E-state index in [0.717, 1.165) is 48.3 Å². The SMILES string of the molecule is O=C(c1cc2c(-c3ccccc3)cccc2o1)N1CCNCC1. The van der Waals surface area contributed by atoms with Crippen molar-refractivity contribution < 1.29 is 9.21 Å². The van der Waals surface area contributed by atoms with Crippen molar-refractivity contribution in [1.82, 2.24) is 10.2 Å². The number of piperazine rings is 1. The van der Waals surface area contributed by atoms with Crippen molar-refractivity contribution in [2.45, 2.75) is 0 Å². The summed E-state index contributed by atoms with van der Waals surface area (Å²) in [5.41, 5.74) is 2.97. The Kier molecular flexibility index (Phi) is 3.60. The summed E-state index contributed by atoms with van der Waals surface area (Å²) in [6, 6.07) is 18.0. The van der Waals surface area contributed by atoms with Crippen LogP contribution in [0.4, 0.5) is 0 Å². The second-order valence-corrected chi connectivity index (χ2v) is 5.74. The van der Waals surface area contributed by atoms with Crippen LogP contribution in [0, 0.1) is 0 Å². The average Bonchev–Trinajstić information content (AvgIpc) is 3.06. The zero-order valence-corrected chi connectivity index (χ0v) is 12.8. The molecule has 0 saturated carbocycles. The molecule has 1 N–H and O–H groups in total. The fraction of sp³-hybridized carbons (Fsp3) is 0.211. The number of carbonyl (C=O) groups excluding carboxylic acids is 1. The normalized spacial score (nSPS) is 15.0. The molecule has 2 aromatic carbocycles. The minimum absolute atomic E-state index is 0.0262. The van der Waals surface area contributed by atoms with Gasteiger partial charge in [-0.15, -0.1) is 0 Å². The van der Waals surface area contributed by atoms with Gasteiger partial charge in [0.05, 0.1) is 0 Å². The van der Waals surface area contributed by atoms with Crippen LogP contribution in [0.2, 0.25) is 0 Å². The number of nitrogens with one attached hydrogen (secondary N) is 1. The van der Waals surface area contributed by atoms with E-state index in [4.69, 9.17) is 4.42 Å². The average molecular weight is 306 g/mol. The first-order chi connectivity index (χ1) is 11.3. The Labute approximate surface area is 134 Å². The summed E-state index contributed by atoms with van der Waals surface area (Å²) in [6.45, 7) is 3.12. The third kappa shape index (κ3) is 2.62. The fourth-order valence-corrected chi connectivity index (χ4v) is 3.06. The van der Waals surface area contributed by atoms with E-state index in [1.54, 1.807) is 0 Å². The lowest BCUT2D eigenvalue weighted by atomic mass is 10.0. The minimum atomic E-state index is -0.0262. The Hall–Kier alpha value is -2.59. The van der Waals surface area contributed by atoms with Gasteiger partial charge >= 0.3 is 0 Å². The maximum atomic E-state index is 12.6. The molecule has 4 rings (SSSR count). The molecule has 3 aromatic rings. The molecular weight excluding hydrogens is 288 g/mol. The number of furan rings is 1. The van der Waals surface area contributed by atoms with Crippen molar-refractivity contribution in [3.63, 3.8) is 0 Å². The van der Waals surface area contributed by atoms with Crippen molar-refractivity contribution in [3.8, 4) is 11.1 Å². The molecule has 1 aromatic heterocycles. The van der Waals surface area contributed by atoms with Crippen LogP contribution >= 0.6 is 0 Å². The summed E-state index contributed by atoms with van der Waals surface area (Å²) in [5.74, 6) is 0.395.